The van der Waals surface area contributed by atoms with Crippen molar-refractivity contribution >= 4 is 5.97 Å². The molecule has 4 atom stereocenters. The molecule has 1 saturated carbocycles. The van der Waals surface area contributed by atoms with Gasteiger partial charge in [0.25, 0.3) is 0 Å². The molecule has 0 amide bonds. The smallest absolute Gasteiger partial charge is 0.303 e. The summed E-state index contributed by atoms with van der Waals surface area (Å²) < 4.78 is 0. The first-order valence-electron chi connectivity index (χ1n) is 10.1. The predicted molar refractivity (Wildman–Crippen MR) is 101 cm³/mol. The minimum atomic E-state index is -0.745. The molecule has 0 aromatic rings. The Bertz CT molecular complexity index is 403. The third-order valence-corrected chi connectivity index (χ3v) is 5.64. The lowest BCUT2D eigenvalue weighted by Gasteiger charge is -2.27. The second kappa shape index (κ2) is 11.7. The van der Waals surface area contributed by atoms with Gasteiger partial charge in [0, 0.05) is 6.42 Å². The first-order valence-corrected chi connectivity index (χ1v) is 10.1. The topological polar surface area (TPSA) is 77.8 Å². The Kier molecular flexibility index (Phi) is 10.4. The minimum Gasteiger partial charge on any atom is -0.481 e. The Balaban J connectivity index is 2.35. The predicted octanol–water partition coefficient (Wildman–Crippen LogP) is 4.69. The number of rotatable bonds is 13. The maximum absolute atomic E-state index is 10.5. The number of hydrogen-bond donors (Lipinski definition) is 3. The molecule has 1 fully saturated rings. The second-order valence-corrected chi connectivity index (χ2v) is 8.05. The third-order valence-electron chi connectivity index (χ3n) is 5.64. The summed E-state index contributed by atoms with van der Waals surface area (Å²) in [7, 11) is 0. The monoisotopic (exact) mass is 354 g/mol. The van der Waals surface area contributed by atoms with E-state index in [9.17, 15) is 15.0 Å². The fourth-order valence-electron chi connectivity index (χ4n) is 3.95. The van der Waals surface area contributed by atoms with Crippen LogP contribution in [0.1, 0.15) is 90.9 Å². The Labute approximate surface area is 153 Å². The van der Waals surface area contributed by atoms with Gasteiger partial charge in [-0.2, -0.15) is 0 Å². The molecule has 0 aromatic heterocycles. The van der Waals surface area contributed by atoms with Gasteiger partial charge in [-0.3, -0.25) is 4.79 Å². The lowest BCUT2D eigenvalue weighted by Crippen LogP contribution is -2.26. The summed E-state index contributed by atoms with van der Waals surface area (Å²) in [5.41, 5.74) is -0.583. The van der Waals surface area contributed by atoms with Gasteiger partial charge in [-0.05, 0) is 70.1 Å². The van der Waals surface area contributed by atoms with E-state index >= 15 is 0 Å². The molecule has 0 saturated heterocycles. The van der Waals surface area contributed by atoms with Crippen LogP contribution in [0.5, 0.6) is 0 Å². The van der Waals surface area contributed by atoms with Crippen molar-refractivity contribution in [2.24, 2.45) is 11.8 Å². The summed E-state index contributed by atoms with van der Waals surface area (Å²) >= 11 is 0. The van der Waals surface area contributed by atoms with Crippen molar-refractivity contribution in [1.29, 1.82) is 0 Å². The van der Waals surface area contributed by atoms with Crippen LogP contribution in [0.25, 0.3) is 0 Å². The molecule has 1 aliphatic carbocycles. The van der Waals surface area contributed by atoms with Crippen molar-refractivity contribution in [3.8, 4) is 0 Å². The summed E-state index contributed by atoms with van der Waals surface area (Å²) in [6.07, 6.45) is 14.4. The number of carboxylic acids is 1. The van der Waals surface area contributed by atoms with Crippen LogP contribution in [-0.2, 0) is 4.79 Å². The Morgan fingerprint density at radius 1 is 1.16 bits per heavy atom. The van der Waals surface area contributed by atoms with Crippen LogP contribution >= 0.6 is 0 Å². The second-order valence-electron chi connectivity index (χ2n) is 8.05. The molecule has 2 unspecified atom stereocenters. The molecule has 0 aliphatic heterocycles. The Hall–Kier alpha value is -0.870. The van der Waals surface area contributed by atoms with Crippen LogP contribution < -0.4 is 0 Å². The van der Waals surface area contributed by atoms with Gasteiger partial charge in [-0.1, -0.05) is 38.3 Å². The summed E-state index contributed by atoms with van der Waals surface area (Å²) in [4.78, 5) is 10.5. The molecule has 4 nitrogen and oxygen atoms in total. The Morgan fingerprint density at radius 2 is 1.92 bits per heavy atom. The van der Waals surface area contributed by atoms with E-state index in [0.29, 0.717) is 12.3 Å². The van der Waals surface area contributed by atoms with E-state index in [0.717, 1.165) is 51.4 Å². The van der Waals surface area contributed by atoms with Gasteiger partial charge in [0.15, 0.2) is 0 Å². The minimum absolute atomic E-state index is 0.214. The molecule has 146 valence electrons. The van der Waals surface area contributed by atoms with Gasteiger partial charge in [-0.25, -0.2) is 0 Å². The molecule has 0 aromatic carbocycles. The van der Waals surface area contributed by atoms with E-state index in [1.807, 2.05) is 13.0 Å². The van der Waals surface area contributed by atoms with E-state index in [1.54, 1.807) is 0 Å². The number of carboxylic acid groups (broad SMARTS) is 1. The van der Waals surface area contributed by atoms with Crippen LogP contribution in [0.3, 0.4) is 0 Å². The van der Waals surface area contributed by atoms with Crippen molar-refractivity contribution in [3.05, 3.63) is 12.2 Å². The molecule has 3 N–H and O–H groups in total. The fourth-order valence-corrected chi connectivity index (χ4v) is 3.95. The number of aliphatic carboxylic acids is 1. The van der Waals surface area contributed by atoms with Gasteiger partial charge >= 0.3 is 5.97 Å². The summed E-state index contributed by atoms with van der Waals surface area (Å²) in [6, 6.07) is 0. The van der Waals surface area contributed by atoms with Crippen LogP contribution in [0.15, 0.2) is 12.2 Å². The van der Waals surface area contributed by atoms with E-state index < -0.39 is 11.6 Å². The van der Waals surface area contributed by atoms with Crippen LogP contribution in [-0.4, -0.2) is 33.0 Å². The van der Waals surface area contributed by atoms with Crippen LogP contribution in [0.4, 0.5) is 0 Å². The zero-order valence-corrected chi connectivity index (χ0v) is 16.1. The molecule has 4 heteroatoms. The number of hydrogen-bond acceptors (Lipinski definition) is 3. The highest BCUT2D eigenvalue weighted by atomic mass is 16.4. The normalized spacial score (nSPS) is 26.2. The highest BCUT2D eigenvalue weighted by Gasteiger charge is 2.35. The maximum atomic E-state index is 10.5. The first-order chi connectivity index (χ1) is 11.9. The fraction of sp³-hybridized carbons (Fsp3) is 0.857. The Morgan fingerprint density at radius 3 is 2.60 bits per heavy atom. The zero-order valence-electron chi connectivity index (χ0n) is 16.1. The first kappa shape index (κ1) is 22.2. The number of carbonyl (C=O) groups is 1. The van der Waals surface area contributed by atoms with Crippen molar-refractivity contribution < 1.29 is 20.1 Å². The van der Waals surface area contributed by atoms with Crippen molar-refractivity contribution in [3.63, 3.8) is 0 Å². The molecular weight excluding hydrogens is 316 g/mol. The van der Waals surface area contributed by atoms with Crippen molar-refractivity contribution in [1.82, 2.24) is 0 Å². The molecule has 0 spiro atoms. The summed E-state index contributed by atoms with van der Waals surface area (Å²) in [6.45, 7) is 4.12. The van der Waals surface area contributed by atoms with E-state index in [4.69, 9.17) is 5.11 Å². The molecule has 0 heterocycles. The number of allylic oxidation sites excluding steroid dienone is 2. The highest BCUT2D eigenvalue weighted by Crippen LogP contribution is 2.39. The van der Waals surface area contributed by atoms with E-state index in [1.165, 1.54) is 12.8 Å². The number of aliphatic hydroxyl groups excluding tert-OH is 1. The largest absolute Gasteiger partial charge is 0.481 e. The molecule has 25 heavy (non-hydrogen) atoms. The molecule has 1 rings (SSSR count). The van der Waals surface area contributed by atoms with Crippen molar-refractivity contribution in [2.75, 3.05) is 0 Å². The zero-order chi connectivity index (χ0) is 18.7. The average molecular weight is 355 g/mol. The SMILES string of the molecule is CCCCCC(C)(O)CCC1CC[C@H](O)[C@@H]1CC=CCCCC(=O)O. The number of unbranched alkanes of at least 4 members (excludes halogenated alkanes) is 3. The van der Waals surface area contributed by atoms with Gasteiger partial charge in [0.05, 0.1) is 11.7 Å². The molecule has 0 radical (unpaired) electrons. The van der Waals surface area contributed by atoms with Gasteiger partial charge in [0.1, 0.15) is 0 Å². The van der Waals surface area contributed by atoms with Gasteiger partial charge < -0.3 is 15.3 Å². The van der Waals surface area contributed by atoms with Crippen molar-refractivity contribution in [2.45, 2.75) is 103 Å². The average Bonchev–Trinajstić information content (AvgIpc) is 2.89. The third kappa shape index (κ3) is 9.41. The molecular formula is C21H38O4. The summed E-state index contributed by atoms with van der Waals surface area (Å²) in [5.74, 6) is 0.0177. The molecule has 0 bridgehead atoms. The van der Waals surface area contributed by atoms with Crippen LogP contribution in [0, 0.1) is 11.8 Å². The standard InChI is InChI=1S/C21H38O4/c1-3-4-9-15-21(2,25)16-14-17-12-13-19(22)18(17)10-7-5-6-8-11-20(23)24/h5,7,17-19,22,25H,3-4,6,8-16H2,1-2H3,(H,23,24)/t17?,18-,19+,21?/m1/s1. The summed E-state index contributed by atoms with van der Waals surface area (Å²) in [5, 5.41) is 29.4. The van der Waals surface area contributed by atoms with Crippen LogP contribution in [0.2, 0.25) is 0 Å². The lowest BCUT2D eigenvalue weighted by molar-refractivity contribution is -0.137. The lowest BCUT2D eigenvalue weighted by atomic mass is 9.83. The van der Waals surface area contributed by atoms with E-state index in [2.05, 4.69) is 13.0 Å². The van der Waals surface area contributed by atoms with Gasteiger partial charge in [0.2, 0.25) is 0 Å². The highest BCUT2D eigenvalue weighted by molar-refractivity contribution is 5.66. The van der Waals surface area contributed by atoms with E-state index in [-0.39, 0.29) is 18.4 Å². The number of aliphatic hydroxyl groups is 2. The quantitative estimate of drug-likeness (QED) is 0.331. The van der Waals surface area contributed by atoms with Gasteiger partial charge in [-0.15, -0.1) is 0 Å². The molecule has 1 aliphatic rings. The maximum Gasteiger partial charge on any atom is 0.303 e.